The second-order valence-corrected chi connectivity index (χ2v) is 9.14. The van der Waals surface area contributed by atoms with Gasteiger partial charge in [-0.1, -0.05) is 51.2 Å². The van der Waals surface area contributed by atoms with Gasteiger partial charge in [-0.15, -0.1) is 0 Å². The Bertz CT molecular complexity index is 1180. The quantitative estimate of drug-likeness (QED) is 0.150. The zero-order valence-corrected chi connectivity index (χ0v) is 23.4. The number of carbonyl (C=O) groups excluding carboxylic acids is 1. The molecule has 0 aliphatic rings. The first-order valence-electron chi connectivity index (χ1n) is 13.2. The van der Waals surface area contributed by atoms with E-state index in [-0.39, 0.29) is 0 Å². The van der Waals surface area contributed by atoms with Gasteiger partial charge in [0.2, 0.25) is 5.75 Å². The molecule has 38 heavy (non-hydrogen) atoms. The first-order valence-corrected chi connectivity index (χ1v) is 13.2. The SMILES string of the molecule is CCCCCCCCC(OC(=O)c1cc(OC)c(OC)c(OC)c1)c1ccc2c(OC)ccc(OC)c2c1. The summed E-state index contributed by atoms with van der Waals surface area (Å²) in [6.07, 6.45) is 7.15. The summed E-state index contributed by atoms with van der Waals surface area (Å²) in [5, 5.41) is 1.84. The van der Waals surface area contributed by atoms with Crippen LogP contribution in [0.1, 0.15) is 73.9 Å². The highest BCUT2D eigenvalue weighted by Crippen LogP contribution is 2.40. The number of ether oxygens (including phenoxy) is 6. The van der Waals surface area contributed by atoms with E-state index in [9.17, 15) is 4.79 Å². The van der Waals surface area contributed by atoms with E-state index >= 15 is 0 Å². The number of hydrogen-bond donors (Lipinski definition) is 0. The van der Waals surface area contributed by atoms with Gasteiger partial charge in [-0.3, -0.25) is 0 Å². The molecular weight excluding hydrogens is 484 g/mol. The third-order valence-electron chi connectivity index (χ3n) is 6.74. The van der Waals surface area contributed by atoms with Crippen molar-refractivity contribution in [1.29, 1.82) is 0 Å². The van der Waals surface area contributed by atoms with Crippen molar-refractivity contribution >= 4 is 16.7 Å². The van der Waals surface area contributed by atoms with Gasteiger partial charge in [-0.05, 0) is 48.7 Å². The largest absolute Gasteiger partial charge is 0.496 e. The molecule has 0 aliphatic carbocycles. The summed E-state index contributed by atoms with van der Waals surface area (Å²) < 4.78 is 33.6. The van der Waals surface area contributed by atoms with Crippen molar-refractivity contribution in [3.63, 3.8) is 0 Å². The maximum Gasteiger partial charge on any atom is 0.339 e. The molecule has 0 aliphatic heterocycles. The molecule has 206 valence electrons. The molecule has 0 aromatic heterocycles. The van der Waals surface area contributed by atoms with Gasteiger partial charge < -0.3 is 28.4 Å². The highest BCUT2D eigenvalue weighted by Gasteiger charge is 2.23. The maximum absolute atomic E-state index is 13.4. The normalized spacial score (nSPS) is 11.6. The van der Waals surface area contributed by atoms with Crippen molar-refractivity contribution in [3.05, 3.63) is 53.6 Å². The van der Waals surface area contributed by atoms with E-state index in [2.05, 4.69) is 6.92 Å². The van der Waals surface area contributed by atoms with Gasteiger partial charge in [0.15, 0.2) is 11.5 Å². The van der Waals surface area contributed by atoms with Crippen LogP contribution in [0.5, 0.6) is 28.7 Å². The molecule has 0 spiro atoms. The van der Waals surface area contributed by atoms with Gasteiger partial charge >= 0.3 is 5.97 Å². The van der Waals surface area contributed by atoms with Gasteiger partial charge in [0.1, 0.15) is 17.6 Å². The summed E-state index contributed by atoms with van der Waals surface area (Å²) in [5.74, 6) is 2.25. The number of rotatable bonds is 15. The van der Waals surface area contributed by atoms with Crippen LogP contribution >= 0.6 is 0 Å². The lowest BCUT2D eigenvalue weighted by Crippen LogP contribution is -2.13. The summed E-state index contributed by atoms with van der Waals surface area (Å²) in [5.41, 5.74) is 1.23. The highest BCUT2D eigenvalue weighted by molar-refractivity contribution is 5.94. The van der Waals surface area contributed by atoms with E-state index in [0.29, 0.717) is 29.2 Å². The summed E-state index contributed by atoms with van der Waals surface area (Å²) in [6.45, 7) is 2.21. The predicted molar refractivity (Wildman–Crippen MR) is 149 cm³/mol. The van der Waals surface area contributed by atoms with Crippen LogP contribution in [0.3, 0.4) is 0 Å². The number of unbranched alkanes of at least 4 members (excludes halogenated alkanes) is 5. The van der Waals surface area contributed by atoms with Crippen LogP contribution in [0.25, 0.3) is 10.8 Å². The summed E-state index contributed by atoms with van der Waals surface area (Å²) in [6, 6.07) is 13.0. The minimum atomic E-state index is -0.460. The van der Waals surface area contributed by atoms with E-state index in [0.717, 1.165) is 40.7 Å². The van der Waals surface area contributed by atoms with E-state index in [1.807, 2.05) is 30.3 Å². The molecule has 0 radical (unpaired) electrons. The van der Waals surface area contributed by atoms with Crippen LogP contribution in [0.2, 0.25) is 0 Å². The molecule has 0 heterocycles. The lowest BCUT2D eigenvalue weighted by Gasteiger charge is -2.21. The molecule has 1 atom stereocenters. The summed E-state index contributed by atoms with van der Waals surface area (Å²) in [7, 11) is 7.86. The van der Waals surface area contributed by atoms with E-state index < -0.39 is 12.1 Å². The zero-order chi connectivity index (χ0) is 27.5. The van der Waals surface area contributed by atoms with E-state index in [4.69, 9.17) is 28.4 Å². The average Bonchev–Trinajstić information content (AvgIpc) is 2.96. The Morgan fingerprint density at radius 2 is 1.24 bits per heavy atom. The van der Waals surface area contributed by atoms with Crippen LogP contribution in [0, 0.1) is 0 Å². The lowest BCUT2D eigenvalue weighted by molar-refractivity contribution is 0.0270. The Hall–Kier alpha value is -3.61. The Labute approximate surface area is 225 Å². The Balaban J connectivity index is 1.94. The average molecular weight is 525 g/mol. The van der Waals surface area contributed by atoms with Crippen molar-refractivity contribution in [2.45, 2.75) is 58.0 Å². The van der Waals surface area contributed by atoms with Crippen LogP contribution in [-0.4, -0.2) is 41.5 Å². The molecule has 7 heteroatoms. The fourth-order valence-electron chi connectivity index (χ4n) is 4.67. The number of esters is 1. The minimum Gasteiger partial charge on any atom is -0.496 e. The number of methoxy groups -OCH3 is 5. The van der Waals surface area contributed by atoms with Gasteiger partial charge in [-0.25, -0.2) is 4.79 Å². The molecule has 0 amide bonds. The van der Waals surface area contributed by atoms with Crippen molar-refractivity contribution in [3.8, 4) is 28.7 Å². The van der Waals surface area contributed by atoms with Crippen molar-refractivity contribution in [2.75, 3.05) is 35.5 Å². The summed E-state index contributed by atoms with van der Waals surface area (Å²) >= 11 is 0. The molecule has 1 unspecified atom stereocenters. The predicted octanol–water partition coefficient (Wildman–Crippen LogP) is 7.53. The fourth-order valence-corrected chi connectivity index (χ4v) is 4.67. The van der Waals surface area contributed by atoms with Crippen LogP contribution < -0.4 is 23.7 Å². The molecule has 3 aromatic rings. The molecule has 0 saturated heterocycles. The number of carbonyl (C=O) groups is 1. The van der Waals surface area contributed by atoms with Gasteiger partial charge in [0, 0.05) is 10.8 Å². The Morgan fingerprint density at radius 3 is 1.82 bits per heavy atom. The Morgan fingerprint density at radius 1 is 0.658 bits per heavy atom. The molecule has 0 fully saturated rings. The van der Waals surface area contributed by atoms with Crippen molar-refractivity contribution in [2.24, 2.45) is 0 Å². The smallest absolute Gasteiger partial charge is 0.339 e. The van der Waals surface area contributed by atoms with Crippen molar-refractivity contribution < 1.29 is 33.2 Å². The first-order chi connectivity index (χ1) is 18.5. The maximum atomic E-state index is 13.4. The number of hydrogen-bond acceptors (Lipinski definition) is 7. The Kier molecular flexibility index (Phi) is 10.9. The molecule has 0 bridgehead atoms. The van der Waals surface area contributed by atoms with Crippen LogP contribution in [0.4, 0.5) is 0 Å². The molecular formula is C31H40O7. The molecule has 3 rings (SSSR count). The van der Waals surface area contributed by atoms with Crippen LogP contribution in [0.15, 0.2) is 42.5 Å². The van der Waals surface area contributed by atoms with E-state index in [1.54, 1.807) is 26.4 Å². The summed E-state index contributed by atoms with van der Waals surface area (Å²) in [4.78, 5) is 13.4. The molecule has 3 aromatic carbocycles. The standard InChI is InChI=1S/C31H40O7/c1-7-8-9-10-11-12-13-25(21-14-15-23-24(18-21)27(34-3)17-16-26(23)33-2)38-31(32)22-19-28(35-4)30(37-6)29(20-22)36-5/h14-20,25H,7-13H2,1-6H3. The second kappa shape index (κ2) is 14.4. The minimum absolute atomic E-state index is 0.326. The number of benzene rings is 3. The monoisotopic (exact) mass is 524 g/mol. The van der Waals surface area contributed by atoms with Gasteiger partial charge in [-0.2, -0.15) is 0 Å². The molecule has 7 nitrogen and oxygen atoms in total. The van der Waals surface area contributed by atoms with Crippen LogP contribution in [-0.2, 0) is 4.74 Å². The topological polar surface area (TPSA) is 72.5 Å². The van der Waals surface area contributed by atoms with Crippen molar-refractivity contribution in [1.82, 2.24) is 0 Å². The third-order valence-corrected chi connectivity index (χ3v) is 6.74. The van der Waals surface area contributed by atoms with Gasteiger partial charge in [0.25, 0.3) is 0 Å². The molecule has 0 saturated carbocycles. The fraction of sp³-hybridized carbons (Fsp3) is 0.452. The second-order valence-electron chi connectivity index (χ2n) is 9.14. The highest BCUT2D eigenvalue weighted by atomic mass is 16.5. The molecule has 0 N–H and O–H groups in total. The third kappa shape index (κ3) is 6.82. The number of fused-ring (bicyclic) bond motifs is 1. The van der Waals surface area contributed by atoms with Gasteiger partial charge in [0.05, 0.1) is 41.1 Å². The van der Waals surface area contributed by atoms with E-state index in [1.165, 1.54) is 47.0 Å². The first kappa shape index (κ1) is 29.0. The lowest BCUT2D eigenvalue weighted by atomic mass is 9.98. The zero-order valence-electron chi connectivity index (χ0n) is 23.4.